The van der Waals surface area contributed by atoms with Crippen LogP contribution in [0, 0.1) is 0 Å². The normalized spacial score (nSPS) is 14.7. The standard InChI is InChI=1S/C23H27N3O2/c1-18(27)25-22(15-19-7-3-2-4-8-19)23(28)24-16-20-9-11-21(12-10-20)17-26-13-5-6-14-26/h2-4,7-12,15H,5-6,13-14,16-17H2,1H3,(H,24,28)(H,25,27)/p+1/b22-15-. The van der Waals surface area contributed by atoms with Crippen LogP contribution in [-0.4, -0.2) is 24.9 Å². The predicted octanol–water partition coefficient (Wildman–Crippen LogP) is 1.66. The highest BCUT2D eigenvalue weighted by Crippen LogP contribution is 2.07. The smallest absolute Gasteiger partial charge is 0.268 e. The van der Waals surface area contributed by atoms with E-state index < -0.39 is 0 Å². The van der Waals surface area contributed by atoms with E-state index in [4.69, 9.17) is 0 Å². The lowest BCUT2D eigenvalue weighted by molar-refractivity contribution is -0.901. The number of carbonyl (C=O) groups is 2. The van der Waals surface area contributed by atoms with Gasteiger partial charge in [-0.1, -0.05) is 54.6 Å². The molecule has 2 amide bonds. The van der Waals surface area contributed by atoms with E-state index in [1.165, 1.54) is 38.4 Å². The number of quaternary nitrogens is 1. The third-order valence-corrected chi connectivity index (χ3v) is 4.91. The molecule has 0 atom stereocenters. The molecule has 0 bridgehead atoms. The topological polar surface area (TPSA) is 62.6 Å². The Morgan fingerprint density at radius 2 is 1.61 bits per heavy atom. The maximum absolute atomic E-state index is 12.6. The molecule has 3 N–H and O–H groups in total. The van der Waals surface area contributed by atoms with E-state index in [2.05, 4.69) is 34.9 Å². The molecule has 5 heteroatoms. The average molecular weight is 378 g/mol. The van der Waals surface area contributed by atoms with Gasteiger partial charge in [0.1, 0.15) is 12.2 Å². The molecule has 146 valence electrons. The summed E-state index contributed by atoms with van der Waals surface area (Å²) >= 11 is 0. The maximum atomic E-state index is 12.6. The summed E-state index contributed by atoms with van der Waals surface area (Å²) in [7, 11) is 0. The SMILES string of the molecule is CC(=O)N/C(=C\c1ccccc1)C(=O)NCc1ccc(C[NH+]2CCCC2)cc1. The minimum absolute atomic E-state index is 0.243. The molecule has 0 aliphatic carbocycles. The molecular weight excluding hydrogens is 350 g/mol. The van der Waals surface area contributed by atoms with Crippen molar-refractivity contribution >= 4 is 17.9 Å². The van der Waals surface area contributed by atoms with E-state index in [0.717, 1.165) is 17.7 Å². The average Bonchev–Trinajstić information content (AvgIpc) is 3.20. The van der Waals surface area contributed by atoms with Gasteiger partial charge in [-0.05, 0) is 17.2 Å². The number of nitrogens with one attached hydrogen (secondary N) is 3. The van der Waals surface area contributed by atoms with Crippen molar-refractivity contribution in [1.82, 2.24) is 10.6 Å². The second-order valence-corrected chi connectivity index (χ2v) is 7.28. The Hall–Kier alpha value is -2.92. The Balaban J connectivity index is 1.59. The molecule has 0 unspecified atom stereocenters. The summed E-state index contributed by atoms with van der Waals surface area (Å²) in [5.41, 5.74) is 3.47. The van der Waals surface area contributed by atoms with Gasteiger partial charge in [0.05, 0.1) is 13.1 Å². The van der Waals surface area contributed by atoms with Crippen molar-refractivity contribution in [2.45, 2.75) is 32.9 Å². The Morgan fingerprint density at radius 3 is 2.25 bits per heavy atom. The van der Waals surface area contributed by atoms with E-state index in [1.54, 1.807) is 11.0 Å². The van der Waals surface area contributed by atoms with Gasteiger partial charge in [0.15, 0.2) is 0 Å². The fourth-order valence-electron chi connectivity index (χ4n) is 3.46. The summed E-state index contributed by atoms with van der Waals surface area (Å²) in [6, 6.07) is 17.9. The largest absolute Gasteiger partial charge is 0.347 e. The van der Waals surface area contributed by atoms with Crippen LogP contribution in [0.5, 0.6) is 0 Å². The molecule has 0 aromatic heterocycles. The highest BCUT2D eigenvalue weighted by atomic mass is 16.2. The Kier molecular flexibility index (Phi) is 6.98. The van der Waals surface area contributed by atoms with E-state index in [0.29, 0.717) is 6.54 Å². The van der Waals surface area contributed by atoms with Gasteiger partial charge >= 0.3 is 0 Å². The van der Waals surface area contributed by atoms with Crippen molar-refractivity contribution in [2.75, 3.05) is 13.1 Å². The first-order valence-corrected chi connectivity index (χ1v) is 9.84. The van der Waals surface area contributed by atoms with E-state index in [1.807, 2.05) is 30.3 Å². The van der Waals surface area contributed by atoms with E-state index in [-0.39, 0.29) is 17.5 Å². The lowest BCUT2D eigenvalue weighted by Crippen LogP contribution is -3.08. The van der Waals surface area contributed by atoms with Crippen LogP contribution in [-0.2, 0) is 22.7 Å². The van der Waals surface area contributed by atoms with Crippen LogP contribution < -0.4 is 15.5 Å². The molecule has 0 radical (unpaired) electrons. The second-order valence-electron chi connectivity index (χ2n) is 7.28. The van der Waals surface area contributed by atoms with Gasteiger partial charge in [-0.2, -0.15) is 0 Å². The molecule has 3 rings (SSSR count). The van der Waals surface area contributed by atoms with Gasteiger partial charge in [-0.3, -0.25) is 9.59 Å². The van der Waals surface area contributed by atoms with Crippen LogP contribution in [0.2, 0.25) is 0 Å². The number of hydrogen-bond acceptors (Lipinski definition) is 2. The van der Waals surface area contributed by atoms with Crippen molar-refractivity contribution in [3.8, 4) is 0 Å². The minimum Gasteiger partial charge on any atom is -0.347 e. The third-order valence-electron chi connectivity index (χ3n) is 4.91. The van der Waals surface area contributed by atoms with Crippen molar-refractivity contribution in [3.05, 3.63) is 77.0 Å². The van der Waals surface area contributed by atoms with Crippen LogP contribution in [0.4, 0.5) is 0 Å². The molecule has 28 heavy (non-hydrogen) atoms. The van der Waals surface area contributed by atoms with Gasteiger partial charge in [0.25, 0.3) is 5.91 Å². The Bertz CT molecular complexity index is 823. The zero-order valence-corrected chi connectivity index (χ0v) is 16.3. The van der Waals surface area contributed by atoms with Crippen molar-refractivity contribution in [2.24, 2.45) is 0 Å². The molecule has 1 heterocycles. The molecule has 2 aromatic rings. The van der Waals surface area contributed by atoms with Crippen molar-refractivity contribution in [3.63, 3.8) is 0 Å². The maximum Gasteiger partial charge on any atom is 0.268 e. The zero-order valence-electron chi connectivity index (χ0n) is 16.3. The molecule has 5 nitrogen and oxygen atoms in total. The number of amides is 2. The summed E-state index contributed by atoms with van der Waals surface area (Å²) in [5.74, 6) is -0.573. The fraction of sp³-hybridized carbons (Fsp3) is 0.304. The van der Waals surface area contributed by atoms with Crippen LogP contribution >= 0.6 is 0 Å². The number of rotatable bonds is 7. The van der Waals surface area contributed by atoms with Gasteiger partial charge in [0, 0.05) is 31.9 Å². The summed E-state index contributed by atoms with van der Waals surface area (Å²) in [5, 5.41) is 5.51. The van der Waals surface area contributed by atoms with Gasteiger partial charge in [-0.25, -0.2) is 0 Å². The molecule has 1 fully saturated rings. The summed E-state index contributed by atoms with van der Waals surface area (Å²) in [4.78, 5) is 25.7. The Labute approximate surface area is 166 Å². The van der Waals surface area contributed by atoms with Crippen molar-refractivity contribution < 1.29 is 14.5 Å². The highest BCUT2D eigenvalue weighted by Gasteiger charge is 2.15. The first-order valence-electron chi connectivity index (χ1n) is 9.84. The lowest BCUT2D eigenvalue weighted by atomic mass is 10.1. The second kappa shape index (κ2) is 9.85. The number of hydrogen-bond donors (Lipinski definition) is 3. The van der Waals surface area contributed by atoms with Crippen molar-refractivity contribution in [1.29, 1.82) is 0 Å². The molecule has 1 aliphatic rings. The molecular formula is C23H28N3O2+. The Morgan fingerprint density at radius 1 is 0.964 bits per heavy atom. The van der Waals surface area contributed by atoms with Gasteiger partial charge in [0.2, 0.25) is 5.91 Å². The zero-order chi connectivity index (χ0) is 19.8. The third kappa shape index (κ3) is 6.06. The van der Waals surface area contributed by atoms with E-state index in [9.17, 15) is 9.59 Å². The number of likely N-dealkylation sites (tertiary alicyclic amines) is 1. The van der Waals surface area contributed by atoms with Crippen LogP contribution in [0.3, 0.4) is 0 Å². The first kappa shape index (κ1) is 19.8. The monoisotopic (exact) mass is 378 g/mol. The van der Waals surface area contributed by atoms with Crippen LogP contribution in [0.1, 0.15) is 36.5 Å². The summed E-state index contributed by atoms with van der Waals surface area (Å²) in [6.07, 6.45) is 4.33. The number of carbonyl (C=O) groups excluding carboxylic acids is 2. The summed E-state index contributed by atoms with van der Waals surface area (Å²) < 4.78 is 0. The quantitative estimate of drug-likeness (QED) is 0.642. The highest BCUT2D eigenvalue weighted by molar-refractivity contribution is 6.00. The molecule has 1 aliphatic heterocycles. The van der Waals surface area contributed by atoms with Crippen LogP contribution in [0.15, 0.2) is 60.3 Å². The predicted molar refractivity (Wildman–Crippen MR) is 110 cm³/mol. The van der Waals surface area contributed by atoms with Gasteiger partial charge < -0.3 is 15.5 Å². The van der Waals surface area contributed by atoms with E-state index >= 15 is 0 Å². The fourth-order valence-corrected chi connectivity index (χ4v) is 3.46. The first-order chi connectivity index (χ1) is 13.6. The molecule has 0 saturated carbocycles. The number of benzene rings is 2. The van der Waals surface area contributed by atoms with Gasteiger partial charge in [-0.15, -0.1) is 0 Å². The molecule has 1 saturated heterocycles. The molecule has 2 aromatic carbocycles. The lowest BCUT2D eigenvalue weighted by Gasteiger charge is -2.13. The minimum atomic E-state index is -0.301. The summed E-state index contributed by atoms with van der Waals surface area (Å²) in [6.45, 7) is 5.41. The van der Waals surface area contributed by atoms with Crippen LogP contribution in [0.25, 0.3) is 6.08 Å². The molecule has 0 spiro atoms.